The molecule has 1 aromatic rings. The molecule has 1 aromatic carbocycles. The zero-order valence-corrected chi connectivity index (χ0v) is 11.8. The molecule has 0 aliphatic carbocycles. The number of anilines is 1. The van der Waals surface area contributed by atoms with Crippen molar-refractivity contribution in [1.29, 1.82) is 5.26 Å². The third kappa shape index (κ3) is 6.27. The van der Waals surface area contributed by atoms with Crippen LogP contribution in [0.15, 0.2) is 24.3 Å². The van der Waals surface area contributed by atoms with Crippen molar-refractivity contribution in [1.82, 2.24) is 0 Å². The highest BCUT2D eigenvalue weighted by Crippen LogP contribution is 2.14. The Labute approximate surface area is 118 Å². The summed E-state index contributed by atoms with van der Waals surface area (Å²) < 4.78 is 4.94. The van der Waals surface area contributed by atoms with E-state index in [4.69, 9.17) is 10.00 Å². The van der Waals surface area contributed by atoms with Crippen molar-refractivity contribution in [3.8, 4) is 6.07 Å². The number of thioether (sulfide) groups is 1. The highest BCUT2D eigenvalue weighted by Gasteiger charge is 2.05. The third-order valence-corrected chi connectivity index (χ3v) is 3.48. The van der Waals surface area contributed by atoms with Crippen molar-refractivity contribution in [2.45, 2.75) is 12.8 Å². The topological polar surface area (TPSA) is 62.1 Å². The van der Waals surface area contributed by atoms with Crippen LogP contribution in [0.5, 0.6) is 0 Å². The van der Waals surface area contributed by atoms with Crippen LogP contribution in [0.3, 0.4) is 0 Å². The van der Waals surface area contributed by atoms with Crippen molar-refractivity contribution in [3.63, 3.8) is 0 Å². The molecule has 0 aliphatic heterocycles. The zero-order valence-electron chi connectivity index (χ0n) is 11.0. The minimum absolute atomic E-state index is 0.0463. The van der Waals surface area contributed by atoms with E-state index in [2.05, 4.69) is 11.4 Å². The molecule has 5 heteroatoms. The fourth-order valence-corrected chi connectivity index (χ4v) is 2.32. The number of carbonyl (C=O) groups is 1. The number of nitriles is 1. The molecule has 0 heterocycles. The smallest absolute Gasteiger partial charge is 0.224 e. The summed E-state index contributed by atoms with van der Waals surface area (Å²) >= 11 is 1.78. The van der Waals surface area contributed by atoms with Gasteiger partial charge in [0.2, 0.25) is 5.91 Å². The summed E-state index contributed by atoms with van der Waals surface area (Å²) in [6, 6.07) is 9.07. The predicted octanol–water partition coefficient (Wildman–Crippen LogP) is 2.66. The van der Waals surface area contributed by atoms with E-state index < -0.39 is 0 Å². The highest BCUT2D eigenvalue weighted by molar-refractivity contribution is 7.99. The van der Waals surface area contributed by atoms with Crippen LogP contribution in [-0.4, -0.2) is 31.1 Å². The Balaban J connectivity index is 2.26. The van der Waals surface area contributed by atoms with Gasteiger partial charge in [-0.2, -0.15) is 17.0 Å². The van der Waals surface area contributed by atoms with Gasteiger partial charge in [-0.3, -0.25) is 4.79 Å². The van der Waals surface area contributed by atoms with Crippen LogP contribution in [0, 0.1) is 11.3 Å². The first-order valence-electron chi connectivity index (χ1n) is 6.13. The molecule has 0 saturated carbocycles. The summed E-state index contributed by atoms with van der Waals surface area (Å²) in [6.45, 7) is 0.742. The average Bonchev–Trinajstić information content (AvgIpc) is 2.43. The number of hydrogen-bond donors (Lipinski definition) is 1. The van der Waals surface area contributed by atoms with Crippen LogP contribution in [0.25, 0.3) is 0 Å². The molecule has 0 unspecified atom stereocenters. The Kier molecular flexibility index (Phi) is 7.71. The molecule has 0 fully saturated rings. The third-order valence-electron chi connectivity index (χ3n) is 2.45. The molecule has 0 spiro atoms. The molecular formula is C14H18N2O2S. The van der Waals surface area contributed by atoms with Gasteiger partial charge in [-0.1, -0.05) is 12.1 Å². The molecule has 0 radical (unpaired) electrons. The molecule has 0 bridgehead atoms. The van der Waals surface area contributed by atoms with Crippen molar-refractivity contribution in [3.05, 3.63) is 29.8 Å². The van der Waals surface area contributed by atoms with Gasteiger partial charge in [-0.05, 0) is 24.3 Å². The molecular weight excluding hydrogens is 260 g/mol. The van der Waals surface area contributed by atoms with Crippen LogP contribution in [0.1, 0.15) is 18.4 Å². The number of nitrogens with one attached hydrogen (secondary N) is 1. The molecule has 19 heavy (non-hydrogen) atoms. The Bertz CT molecular complexity index is 443. The van der Waals surface area contributed by atoms with E-state index in [1.54, 1.807) is 43.1 Å². The van der Waals surface area contributed by atoms with E-state index in [1.807, 2.05) is 0 Å². The molecule has 0 atom stereocenters. The van der Waals surface area contributed by atoms with Gasteiger partial charge in [0.05, 0.1) is 17.9 Å². The Morgan fingerprint density at radius 2 is 2.21 bits per heavy atom. The maximum Gasteiger partial charge on any atom is 0.224 e. The second kappa shape index (κ2) is 9.42. The van der Waals surface area contributed by atoms with Crippen LogP contribution in [0.4, 0.5) is 5.69 Å². The van der Waals surface area contributed by atoms with Crippen LogP contribution in [0.2, 0.25) is 0 Å². The molecule has 102 valence electrons. The standard InChI is InChI=1S/C14H18N2O2S/c1-18-8-10-19-9-4-7-14(17)16-13-6-3-2-5-12(13)11-15/h2-3,5-6H,4,7-10H2,1H3,(H,16,17). The molecule has 0 aromatic heterocycles. The first-order valence-corrected chi connectivity index (χ1v) is 7.29. The Morgan fingerprint density at radius 1 is 1.42 bits per heavy atom. The summed E-state index contributed by atoms with van der Waals surface area (Å²) in [7, 11) is 1.68. The maximum atomic E-state index is 11.7. The lowest BCUT2D eigenvalue weighted by molar-refractivity contribution is -0.116. The maximum absolute atomic E-state index is 11.7. The van der Waals surface area contributed by atoms with E-state index in [-0.39, 0.29) is 5.91 Å². The van der Waals surface area contributed by atoms with Gasteiger partial charge in [0.25, 0.3) is 0 Å². The van der Waals surface area contributed by atoms with E-state index in [0.717, 1.165) is 24.5 Å². The first kappa shape index (κ1) is 15.5. The number of amides is 1. The molecule has 0 aliphatic rings. The van der Waals surface area contributed by atoms with E-state index in [9.17, 15) is 4.79 Å². The lowest BCUT2D eigenvalue weighted by Gasteiger charge is -2.06. The van der Waals surface area contributed by atoms with Crippen molar-refractivity contribution >= 4 is 23.4 Å². The SMILES string of the molecule is COCCSCCCC(=O)Nc1ccccc1C#N. The molecule has 1 rings (SSSR count). The minimum Gasteiger partial charge on any atom is -0.384 e. The summed E-state index contributed by atoms with van der Waals surface area (Å²) in [5, 5.41) is 11.7. The van der Waals surface area contributed by atoms with Gasteiger partial charge in [-0.15, -0.1) is 0 Å². The largest absolute Gasteiger partial charge is 0.384 e. The van der Waals surface area contributed by atoms with Crippen LogP contribution in [-0.2, 0) is 9.53 Å². The second-order valence-electron chi connectivity index (χ2n) is 3.91. The van der Waals surface area contributed by atoms with Crippen molar-refractivity contribution in [2.75, 3.05) is 30.5 Å². The van der Waals surface area contributed by atoms with Crippen molar-refractivity contribution < 1.29 is 9.53 Å². The molecule has 0 saturated heterocycles. The number of benzene rings is 1. The number of nitrogens with zero attached hydrogens (tertiary/aromatic N) is 1. The summed E-state index contributed by atoms with van der Waals surface area (Å²) in [5.41, 5.74) is 1.08. The number of ether oxygens (including phenoxy) is 1. The summed E-state index contributed by atoms with van der Waals surface area (Å²) in [6.07, 6.45) is 1.30. The van der Waals surface area contributed by atoms with Gasteiger partial charge < -0.3 is 10.1 Å². The molecule has 4 nitrogen and oxygen atoms in total. The highest BCUT2D eigenvalue weighted by atomic mass is 32.2. The number of para-hydroxylation sites is 1. The average molecular weight is 278 g/mol. The Hall–Kier alpha value is -1.51. The lowest BCUT2D eigenvalue weighted by Crippen LogP contribution is -2.12. The lowest BCUT2D eigenvalue weighted by atomic mass is 10.2. The van der Waals surface area contributed by atoms with E-state index in [0.29, 0.717) is 17.7 Å². The van der Waals surface area contributed by atoms with Gasteiger partial charge in [0.15, 0.2) is 0 Å². The summed E-state index contributed by atoms with van der Waals surface area (Å²) in [5.74, 6) is 1.85. The second-order valence-corrected chi connectivity index (χ2v) is 5.14. The predicted molar refractivity (Wildman–Crippen MR) is 78.2 cm³/mol. The van der Waals surface area contributed by atoms with Crippen molar-refractivity contribution in [2.24, 2.45) is 0 Å². The quantitative estimate of drug-likeness (QED) is 0.743. The normalized spacial score (nSPS) is 9.89. The van der Waals surface area contributed by atoms with Crippen LogP contribution >= 0.6 is 11.8 Å². The van der Waals surface area contributed by atoms with Gasteiger partial charge in [-0.25, -0.2) is 0 Å². The number of rotatable bonds is 8. The fraction of sp³-hybridized carbons (Fsp3) is 0.429. The monoisotopic (exact) mass is 278 g/mol. The fourth-order valence-electron chi connectivity index (χ4n) is 1.48. The number of methoxy groups -OCH3 is 1. The van der Waals surface area contributed by atoms with Gasteiger partial charge in [0.1, 0.15) is 6.07 Å². The number of carbonyl (C=O) groups excluding carboxylic acids is 1. The first-order chi connectivity index (χ1) is 9.27. The van der Waals surface area contributed by atoms with E-state index in [1.165, 1.54) is 0 Å². The zero-order chi connectivity index (χ0) is 13.9. The summed E-state index contributed by atoms with van der Waals surface area (Å²) in [4.78, 5) is 11.7. The van der Waals surface area contributed by atoms with Gasteiger partial charge in [0, 0.05) is 19.3 Å². The molecule has 1 amide bonds. The number of hydrogen-bond acceptors (Lipinski definition) is 4. The van der Waals surface area contributed by atoms with E-state index >= 15 is 0 Å². The van der Waals surface area contributed by atoms with Gasteiger partial charge >= 0.3 is 0 Å². The van der Waals surface area contributed by atoms with Crippen LogP contribution < -0.4 is 5.32 Å². The minimum atomic E-state index is -0.0463. The Morgan fingerprint density at radius 3 is 2.95 bits per heavy atom. The molecule has 1 N–H and O–H groups in total.